The van der Waals surface area contributed by atoms with E-state index in [4.69, 9.17) is 9.57 Å². The molecule has 0 aromatic heterocycles. The Labute approximate surface area is 143 Å². The van der Waals surface area contributed by atoms with Crippen LogP contribution in [0.25, 0.3) is 0 Å². The van der Waals surface area contributed by atoms with Gasteiger partial charge in [-0.1, -0.05) is 16.3 Å². The molecule has 2 unspecified atom stereocenters. The molecule has 0 aromatic carbocycles. The minimum absolute atomic E-state index is 0.0220. The maximum Gasteiger partial charge on any atom is 0.358 e. The molecule has 1 aliphatic heterocycles. The molecule has 2 atom stereocenters. The number of allylic oxidation sites excluding steroid dienone is 2. The van der Waals surface area contributed by atoms with Gasteiger partial charge in [-0.2, -0.15) is 0 Å². The summed E-state index contributed by atoms with van der Waals surface area (Å²) in [6, 6.07) is 0. The lowest BCUT2D eigenvalue weighted by atomic mass is 9.84. The first-order chi connectivity index (χ1) is 11.3. The van der Waals surface area contributed by atoms with E-state index in [2.05, 4.69) is 37.8 Å². The van der Waals surface area contributed by atoms with E-state index < -0.39 is 5.97 Å². The highest BCUT2D eigenvalue weighted by Crippen LogP contribution is 2.31. The number of hydrogen-bond acceptors (Lipinski definition) is 5. The van der Waals surface area contributed by atoms with E-state index in [1.54, 1.807) is 0 Å². The number of carbonyl (C=O) groups is 1. The molecule has 0 saturated carbocycles. The predicted molar refractivity (Wildman–Crippen MR) is 93.2 cm³/mol. The lowest BCUT2D eigenvalue weighted by Gasteiger charge is -2.37. The molecule has 1 aliphatic carbocycles. The van der Waals surface area contributed by atoms with Crippen molar-refractivity contribution in [3.8, 4) is 0 Å². The van der Waals surface area contributed by atoms with Crippen molar-refractivity contribution in [3.05, 3.63) is 22.3 Å². The van der Waals surface area contributed by atoms with Gasteiger partial charge in [0.1, 0.15) is 7.11 Å². The van der Waals surface area contributed by atoms with E-state index in [0.29, 0.717) is 6.42 Å². The first-order valence-corrected chi connectivity index (χ1v) is 8.40. The molecule has 0 radical (unpaired) electrons. The van der Waals surface area contributed by atoms with Crippen molar-refractivity contribution in [2.24, 2.45) is 5.16 Å². The number of ether oxygens (including phenoxy) is 1. The largest absolute Gasteiger partial charge is 0.476 e. The van der Waals surface area contributed by atoms with E-state index in [1.165, 1.54) is 18.3 Å². The fourth-order valence-electron chi connectivity index (χ4n) is 3.52. The smallest absolute Gasteiger partial charge is 0.358 e. The maximum atomic E-state index is 11.6. The standard InChI is InChI=1S/C18H28N2O4/c1-11-6-15(10-20-8-13(3)24-14(4)9-20)16(7-12(11)2)17(18(21)22)19-23-5/h13-14H,6-10H2,1-5H3,(H,21,22). The molecular formula is C18H28N2O4. The van der Waals surface area contributed by atoms with Crippen molar-refractivity contribution in [3.63, 3.8) is 0 Å². The third kappa shape index (κ3) is 4.45. The van der Waals surface area contributed by atoms with Gasteiger partial charge in [0.2, 0.25) is 0 Å². The van der Waals surface area contributed by atoms with Crippen LogP contribution in [0.4, 0.5) is 0 Å². The molecule has 24 heavy (non-hydrogen) atoms. The van der Waals surface area contributed by atoms with E-state index in [1.807, 2.05) is 0 Å². The minimum Gasteiger partial charge on any atom is -0.476 e. The first kappa shape index (κ1) is 18.7. The first-order valence-electron chi connectivity index (χ1n) is 8.40. The summed E-state index contributed by atoms with van der Waals surface area (Å²) in [5, 5.41) is 13.3. The number of morpholine rings is 1. The highest BCUT2D eigenvalue weighted by Gasteiger charge is 2.28. The Morgan fingerprint density at radius 2 is 1.83 bits per heavy atom. The van der Waals surface area contributed by atoms with Crippen molar-refractivity contribution >= 4 is 11.7 Å². The molecule has 1 saturated heterocycles. The van der Waals surface area contributed by atoms with Gasteiger partial charge in [-0.25, -0.2) is 4.79 Å². The van der Waals surface area contributed by atoms with Crippen LogP contribution in [0.5, 0.6) is 0 Å². The van der Waals surface area contributed by atoms with Crippen LogP contribution in [0.2, 0.25) is 0 Å². The van der Waals surface area contributed by atoms with Gasteiger partial charge in [0.25, 0.3) is 0 Å². The van der Waals surface area contributed by atoms with Gasteiger partial charge >= 0.3 is 5.97 Å². The molecule has 2 rings (SSSR count). The van der Waals surface area contributed by atoms with Crippen LogP contribution in [-0.2, 0) is 14.4 Å². The van der Waals surface area contributed by atoms with Crippen LogP contribution in [0.15, 0.2) is 27.4 Å². The van der Waals surface area contributed by atoms with E-state index in [9.17, 15) is 9.90 Å². The van der Waals surface area contributed by atoms with Crippen molar-refractivity contribution in [1.82, 2.24) is 4.90 Å². The molecule has 1 heterocycles. The SMILES string of the molecule is CON=C(C(=O)O)C1=C(CN2CC(C)OC(C)C2)CC(C)=C(C)C1. The van der Waals surface area contributed by atoms with Crippen molar-refractivity contribution in [2.75, 3.05) is 26.7 Å². The molecule has 0 bridgehead atoms. The number of nitrogens with zero attached hydrogens (tertiary/aromatic N) is 2. The molecule has 0 aromatic rings. The number of carboxylic acid groups (broad SMARTS) is 1. The van der Waals surface area contributed by atoms with Gasteiger partial charge in [0, 0.05) is 19.6 Å². The van der Waals surface area contributed by atoms with Crippen LogP contribution in [-0.4, -0.2) is 60.6 Å². The zero-order chi connectivity index (χ0) is 17.9. The Balaban J connectivity index is 2.30. The lowest BCUT2D eigenvalue weighted by molar-refractivity contribution is -0.129. The molecular weight excluding hydrogens is 308 g/mol. The second-order valence-electron chi connectivity index (χ2n) is 6.88. The van der Waals surface area contributed by atoms with Crippen molar-refractivity contribution in [1.29, 1.82) is 0 Å². The normalized spacial score (nSPS) is 26.8. The molecule has 1 N–H and O–H groups in total. The van der Waals surface area contributed by atoms with Gasteiger partial charge in [-0.15, -0.1) is 0 Å². The minimum atomic E-state index is -1.04. The summed E-state index contributed by atoms with van der Waals surface area (Å²) < 4.78 is 5.79. The Hall–Kier alpha value is -1.66. The number of aliphatic carboxylic acids is 1. The van der Waals surface area contributed by atoms with Gasteiger partial charge in [0.05, 0.1) is 12.2 Å². The lowest BCUT2D eigenvalue weighted by Crippen LogP contribution is -2.46. The molecule has 2 aliphatic rings. The topological polar surface area (TPSA) is 71.4 Å². The van der Waals surface area contributed by atoms with Gasteiger partial charge < -0.3 is 14.7 Å². The molecule has 6 nitrogen and oxygen atoms in total. The summed E-state index contributed by atoms with van der Waals surface area (Å²) in [5.74, 6) is -1.04. The Morgan fingerprint density at radius 3 is 2.38 bits per heavy atom. The highest BCUT2D eigenvalue weighted by atomic mass is 16.6. The second-order valence-corrected chi connectivity index (χ2v) is 6.88. The number of oxime groups is 1. The van der Waals surface area contributed by atoms with E-state index in [0.717, 1.165) is 37.2 Å². The highest BCUT2D eigenvalue weighted by molar-refractivity contribution is 6.42. The molecule has 6 heteroatoms. The summed E-state index contributed by atoms with van der Waals surface area (Å²) in [6.07, 6.45) is 1.78. The molecule has 1 fully saturated rings. The summed E-state index contributed by atoms with van der Waals surface area (Å²) in [6.45, 7) is 10.8. The van der Waals surface area contributed by atoms with Crippen LogP contribution in [0, 0.1) is 0 Å². The third-order valence-electron chi connectivity index (χ3n) is 4.66. The second kappa shape index (κ2) is 7.94. The predicted octanol–water partition coefficient (Wildman–Crippen LogP) is 2.61. The maximum absolute atomic E-state index is 11.6. The van der Waals surface area contributed by atoms with Crippen LogP contribution in [0.1, 0.15) is 40.5 Å². The Morgan fingerprint density at radius 1 is 1.25 bits per heavy atom. The summed E-state index contributed by atoms with van der Waals surface area (Å²) in [7, 11) is 1.38. The average Bonchev–Trinajstić information content (AvgIpc) is 2.47. The van der Waals surface area contributed by atoms with Crippen LogP contribution < -0.4 is 0 Å². The van der Waals surface area contributed by atoms with Crippen LogP contribution >= 0.6 is 0 Å². The monoisotopic (exact) mass is 336 g/mol. The fraction of sp³-hybridized carbons (Fsp3) is 0.667. The summed E-state index contributed by atoms with van der Waals surface area (Å²) in [5.41, 5.74) is 4.46. The zero-order valence-electron chi connectivity index (χ0n) is 15.3. The quantitative estimate of drug-likeness (QED) is 0.475. The number of hydrogen-bond donors (Lipinski definition) is 1. The number of carboxylic acids is 1. The van der Waals surface area contributed by atoms with Crippen LogP contribution in [0.3, 0.4) is 0 Å². The molecule has 134 valence electrons. The Bertz CT molecular complexity index is 582. The molecule has 0 amide bonds. The van der Waals surface area contributed by atoms with Gasteiger partial charge in [-0.3, -0.25) is 4.90 Å². The van der Waals surface area contributed by atoms with Gasteiger partial charge in [0.15, 0.2) is 5.71 Å². The van der Waals surface area contributed by atoms with Crippen molar-refractivity contribution in [2.45, 2.75) is 52.7 Å². The van der Waals surface area contributed by atoms with Crippen molar-refractivity contribution < 1.29 is 19.5 Å². The third-order valence-corrected chi connectivity index (χ3v) is 4.66. The zero-order valence-corrected chi connectivity index (χ0v) is 15.3. The summed E-state index contributed by atoms with van der Waals surface area (Å²) >= 11 is 0. The Kier molecular flexibility index (Phi) is 6.18. The van der Waals surface area contributed by atoms with E-state index >= 15 is 0 Å². The average molecular weight is 336 g/mol. The summed E-state index contributed by atoms with van der Waals surface area (Å²) in [4.78, 5) is 18.7. The van der Waals surface area contributed by atoms with Gasteiger partial charge in [-0.05, 0) is 51.7 Å². The molecule has 0 spiro atoms. The number of rotatable bonds is 5. The van der Waals surface area contributed by atoms with E-state index in [-0.39, 0.29) is 17.9 Å². The fourth-order valence-corrected chi connectivity index (χ4v) is 3.52.